The molecule has 0 saturated heterocycles. The Bertz CT molecular complexity index is 610. The first-order chi connectivity index (χ1) is 8.90. The topological polar surface area (TPSA) is 20.2 Å². The first-order valence-electron chi connectivity index (χ1n) is 5.17. The summed E-state index contributed by atoms with van der Waals surface area (Å²) in [5.74, 6) is -3.36. The van der Waals surface area contributed by atoms with Gasteiger partial charge in [0.25, 0.3) is 0 Å². The number of aliphatic hydroxyl groups excluding tert-OH is 1. The van der Waals surface area contributed by atoms with Gasteiger partial charge in [-0.2, -0.15) is 0 Å². The van der Waals surface area contributed by atoms with E-state index in [0.29, 0.717) is 21.6 Å². The Kier molecular flexibility index (Phi) is 4.18. The van der Waals surface area contributed by atoms with Gasteiger partial charge in [-0.3, -0.25) is 0 Å². The molecule has 1 N–H and O–H groups in total. The van der Waals surface area contributed by atoms with Crippen LogP contribution >= 0.6 is 27.5 Å². The van der Waals surface area contributed by atoms with Gasteiger partial charge < -0.3 is 5.11 Å². The number of aliphatic hydroxyl groups is 1. The molecule has 0 aliphatic heterocycles. The molecule has 100 valence electrons. The van der Waals surface area contributed by atoms with E-state index in [-0.39, 0.29) is 5.56 Å². The highest BCUT2D eigenvalue weighted by Crippen LogP contribution is 2.33. The Morgan fingerprint density at radius 2 is 1.63 bits per heavy atom. The first-order valence-corrected chi connectivity index (χ1v) is 6.34. The van der Waals surface area contributed by atoms with Gasteiger partial charge in [0.1, 0.15) is 23.6 Å². The van der Waals surface area contributed by atoms with Gasteiger partial charge in [0, 0.05) is 27.2 Å². The minimum absolute atomic E-state index is 0.192. The fourth-order valence-corrected chi connectivity index (χ4v) is 2.34. The van der Waals surface area contributed by atoms with E-state index in [1.165, 1.54) is 6.07 Å². The van der Waals surface area contributed by atoms with Crippen LogP contribution in [0, 0.1) is 17.5 Å². The zero-order valence-electron chi connectivity index (χ0n) is 9.30. The van der Waals surface area contributed by atoms with Crippen molar-refractivity contribution in [2.75, 3.05) is 0 Å². The second-order valence-corrected chi connectivity index (χ2v) is 5.14. The highest BCUT2D eigenvalue weighted by atomic mass is 79.9. The molecule has 0 aromatic heterocycles. The third kappa shape index (κ3) is 2.94. The van der Waals surface area contributed by atoms with Crippen LogP contribution in [0.4, 0.5) is 13.2 Å². The smallest absolute Gasteiger partial charge is 0.135 e. The lowest BCUT2D eigenvalue weighted by molar-refractivity contribution is 0.208. The number of rotatable bonds is 2. The third-order valence-corrected chi connectivity index (χ3v) is 3.53. The van der Waals surface area contributed by atoms with Crippen LogP contribution in [0.25, 0.3) is 0 Å². The number of hydrogen-bond acceptors (Lipinski definition) is 1. The molecule has 2 aromatic rings. The summed E-state index contributed by atoms with van der Waals surface area (Å²) in [4.78, 5) is 0. The van der Waals surface area contributed by atoms with E-state index in [1.807, 2.05) is 0 Å². The van der Waals surface area contributed by atoms with E-state index in [0.717, 1.165) is 0 Å². The second kappa shape index (κ2) is 5.53. The van der Waals surface area contributed by atoms with Crippen molar-refractivity contribution in [2.45, 2.75) is 6.10 Å². The standard InChI is InChI=1S/C13H7BrClF3O/c14-9-2-1-6(15)3-8(9)13(19)12-10(17)4-7(16)5-11(12)18/h1-5,13,19H. The molecule has 19 heavy (non-hydrogen) atoms. The minimum atomic E-state index is -1.59. The SMILES string of the molecule is OC(c1cc(Cl)ccc1Br)c1c(F)cc(F)cc1F. The summed E-state index contributed by atoms with van der Waals surface area (Å²) in [5, 5.41) is 10.4. The van der Waals surface area contributed by atoms with Crippen molar-refractivity contribution < 1.29 is 18.3 Å². The molecular formula is C13H7BrClF3O. The maximum absolute atomic E-state index is 13.6. The van der Waals surface area contributed by atoms with Crippen molar-refractivity contribution in [1.82, 2.24) is 0 Å². The summed E-state index contributed by atoms with van der Waals surface area (Å²) in [5.41, 5.74) is -0.429. The van der Waals surface area contributed by atoms with E-state index in [9.17, 15) is 18.3 Å². The van der Waals surface area contributed by atoms with Gasteiger partial charge in [0.15, 0.2) is 0 Å². The molecule has 0 spiro atoms. The average Bonchev–Trinajstić information content (AvgIpc) is 2.30. The Morgan fingerprint density at radius 1 is 1.05 bits per heavy atom. The predicted octanol–water partition coefficient (Wildman–Crippen LogP) is 4.60. The lowest BCUT2D eigenvalue weighted by atomic mass is 10.0. The molecule has 0 aliphatic rings. The highest BCUT2D eigenvalue weighted by molar-refractivity contribution is 9.10. The van der Waals surface area contributed by atoms with E-state index in [4.69, 9.17) is 11.6 Å². The Balaban J connectivity index is 2.56. The van der Waals surface area contributed by atoms with E-state index in [2.05, 4.69) is 15.9 Å². The maximum Gasteiger partial charge on any atom is 0.135 e. The van der Waals surface area contributed by atoms with Gasteiger partial charge in [0.2, 0.25) is 0 Å². The molecule has 0 radical (unpaired) electrons. The largest absolute Gasteiger partial charge is 0.383 e. The minimum Gasteiger partial charge on any atom is -0.383 e. The Morgan fingerprint density at radius 3 is 2.21 bits per heavy atom. The molecule has 0 saturated carbocycles. The molecule has 1 unspecified atom stereocenters. The number of benzene rings is 2. The van der Waals surface area contributed by atoms with Gasteiger partial charge in [-0.25, -0.2) is 13.2 Å². The molecule has 0 amide bonds. The summed E-state index contributed by atoms with van der Waals surface area (Å²) in [7, 11) is 0. The molecule has 2 rings (SSSR count). The monoisotopic (exact) mass is 350 g/mol. The number of halogens is 5. The molecule has 0 bridgehead atoms. The summed E-state index contributed by atoms with van der Waals surface area (Å²) in [6, 6.07) is 5.50. The van der Waals surface area contributed by atoms with Crippen LogP contribution in [0.5, 0.6) is 0 Å². The van der Waals surface area contributed by atoms with Crippen LogP contribution < -0.4 is 0 Å². The van der Waals surface area contributed by atoms with Crippen molar-refractivity contribution in [3.8, 4) is 0 Å². The van der Waals surface area contributed by atoms with Crippen LogP contribution in [0.15, 0.2) is 34.8 Å². The number of hydrogen-bond donors (Lipinski definition) is 1. The molecule has 0 fully saturated rings. The maximum atomic E-state index is 13.6. The summed E-state index contributed by atoms with van der Waals surface area (Å²) < 4.78 is 40.4. The lowest BCUT2D eigenvalue weighted by Crippen LogP contribution is -2.07. The summed E-state index contributed by atoms with van der Waals surface area (Å²) in [6.45, 7) is 0. The van der Waals surface area contributed by atoms with Gasteiger partial charge in [-0.05, 0) is 18.2 Å². The molecular weight excluding hydrogens is 344 g/mol. The fraction of sp³-hybridized carbons (Fsp3) is 0.0769. The summed E-state index contributed by atoms with van der Waals surface area (Å²) >= 11 is 8.93. The quantitative estimate of drug-likeness (QED) is 0.838. The molecule has 2 aromatic carbocycles. The van der Waals surface area contributed by atoms with E-state index >= 15 is 0 Å². The van der Waals surface area contributed by atoms with Crippen LogP contribution in [0.3, 0.4) is 0 Å². The van der Waals surface area contributed by atoms with Crippen molar-refractivity contribution in [3.05, 3.63) is 68.4 Å². The zero-order valence-corrected chi connectivity index (χ0v) is 11.6. The van der Waals surface area contributed by atoms with Crippen LogP contribution in [-0.2, 0) is 0 Å². The van der Waals surface area contributed by atoms with Gasteiger partial charge in [-0.15, -0.1) is 0 Å². The predicted molar refractivity (Wildman–Crippen MR) is 69.5 cm³/mol. The molecule has 1 atom stereocenters. The lowest BCUT2D eigenvalue weighted by Gasteiger charge is -2.15. The molecule has 1 nitrogen and oxygen atoms in total. The Hall–Kier alpha value is -1.04. The van der Waals surface area contributed by atoms with Crippen LogP contribution in [0.2, 0.25) is 5.02 Å². The molecule has 0 aliphatic carbocycles. The first kappa shape index (κ1) is 14.4. The third-order valence-electron chi connectivity index (χ3n) is 2.57. The van der Waals surface area contributed by atoms with Crippen LogP contribution in [-0.4, -0.2) is 5.11 Å². The van der Waals surface area contributed by atoms with Gasteiger partial charge in [-0.1, -0.05) is 27.5 Å². The van der Waals surface area contributed by atoms with Crippen molar-refractivity contribution >= 4 is 27.5 Å². The Labute approximate surface area is 120 Å². The van der Waals surface area contributed by atoms with E-state index in [1.54, 1.807) is 12.1 Å². The fourth-order valence-electron chi connectivity index (χ4n) is 1.69. The van der Waals surface area contributed by atoms with E-state index < -0.39 is 29.1 Å². The average molecular weight is 352 g/mol. The zero-order chi connectivity index (χ0) is 14.2. The molecule has 6 heteroatoms. The second-order valence-electron chi connectivity index (χ2n) is 3.85. The van der Waals surface area contributed by atoms with Crippen molar-refractivity contribution in [3.63, 3.8) is 0 Å². The van der Waals surface area contributed by atoms with Crippen molar-refractivity contribution in [2.24, 2.45) is 0 Å². The highest BCUT2D eigenvalue weighted by Gasteiger charge is 2.23. The van der Waals surface area contributed by atoms with Gasteiger partial charge in [0.05, 0.1) is 5.56 Å². The van der Waals surface area contributed by atoms with Crippen LogP contribution in [0.1, 0.15) is 17.2 Å². The molecule has 0 heterocycles. The normalized spacial score (nSPS) is 12.5. The van der Waals surface area contributed by atoms with Crippen molar-refractivity contribution in [1.29, 1.82) is 0 Å². The van der Waals surface area contributed by atoms with Gasteiger partial charge >= 0.3 is 0 Å². The summed E-state index contributed by atoms with van der Waals surface area (Å²) in [6.07, 6.45) is -1.59.